The van der Waals surface area contributed by atoms with Crippen LogP contribution in [0.2, 0.25) is 0 Å². The number of thioether (sulfide) groups is 1. The number of nitrogens with one attached hydrogen (secondary N) is 1. The van der Waals surface area contributed by atoms with Gasteiger partial charge in [-0.15, -0.1) is 0 Å². The molecule has 0 aliphatic rings. The number of esters is 1. The largest absolute Gasteiger partial charge is 0.468 e. The molecule has 0 bridgehead atoms. The lowest BCUT2D eigenvalue weighted by Gasteiger charge is -2.12. The zero-order chi connectivity index (χ0) is 10.1. The lowest BCUT2D eigenvalue weighted by atomic mass is 10.3. The zero-order valence-electron chi connectivity index (χ0n) is 8.63. The van der Waals surface area contributed by atoms with Crippen LogP contribution in [0.4, 0.5) is 0 Å². The van der Waals surface area contributed by atoms with Gasteiger partial charge in [-0.2, -0.15) is 11.8 Å². The van der Waals surface area contributed by atoms with Crippen LogP contribution in [0.5, 0.6) is 0 Å². The zero-order valence-corrected chi connectivity index (χ0v) is 9.45. The van der Waals surface area contributed by atoms with E-state index in [1.807, 2.05) is 0 Å². The van der Waals surface area contributed by atoms with Crippen LogP contribution in [0.15, 0.2) is 0 Å². The topological polar surface area (TPSA) is 38.3 Å². The first-order chi connectivity index (χ1) is 6.26. The molecule has 0 spiro atoms. The third kappa shape index (κ3) is 5.93. The Hall–Kier alpha value is -0.220. The molecule has 78 valence electrons. The number of methoxy groups -OCH3 is 1. The fourth-order valence-electron chi connectivity index (χ4n) is 0.859. The van der Waals surface area contributed by atoms with Gasteiger partial charge in [0.05, 0.1) is 7.11 Å². The predicted molar refractivity (Wildman–Crippen MR) is 57.1 cm³/mol. The Labute approximate surface area is 84.6 Å². The number of likely N-dealkylation sites (N-methyl/N-ethyl adjacent to an activating group) is 1. The minimum absolute atomic E-state index is 0.160. The normalized spacial score (nSPS) is 12.5. The van der Waals surface area contributed by atoms with Crippen molar-refractivity contribution in [1.82, 2.24) is 5.32 Å². The molecule has 0 saturated heterocycles. The smallest absolute Gasteiger partial charge is 0.323 e. The first kappa shape index (κ1) is 12.8. The van der Waals surface area contributed by atoms with Gasteiger partial charge in [0.1, 0.15) is 6.04 Å². The number of ether oxygens (including phenoxy) is 1. The molecule has 0 rings (SSSR count). The van der Waals surface area contributed by atoms with Crippen molar-refractivity contribution in [3.8, 4) is 0 Å². The Morgan fingerprint density at radius 1 is 1.62 bits per heavy atom. The maximum atomic E-state index is 11.1. The third-order valence-electron chi connectivity index (χ3n) is 1.76. The van der Waals surface area contributed by atoms with Gasteiger partial charge < -0.3 is 10.1 Å². The monoisotopic (exact) mass is 205 g/mol. The molecule has 0 aromatic carbocycles. The molecule has 1 N–H and O–H groups in total. The Balaban J connectivity index is 3.53. The molecule has 1 atom stereocenters. The van der Waals surface area contributed by atoms with E-state index in [4.69, 9.17) is 0 Å². The van der Waals surface area contributed by atoms with E-state index in [2.05, 4.69) is 17.0 Å². The first-order valence-electron chi connectivity index (χ1n) is 4.59. The summed E-state index contributed by atoms with van der Waals surface area (Å²) in [5.41, 5.74) is 0. The van der Waals surface area contributed by atoms with Gasteiger partial charge in [0, 0.05) is 5.75 Å². The molecule has 0 amide bonds. The lowest BCUT2D eigenvalue weighted by Crippen LogP contribution is -2.37. The summed E-state index contributed by atoms with van der Waals surface area (Å²) in [6, 6.07) is -0.160. The summed E-state index contributed by atoms with van der Waals surface area (Å²) in [4.78, 5) is 11.1. The average Bonchev–Trinajstić information content (AvgIpc) is 2.17. The van der Waals surface area contributed by atoms with Crippen molar-refractivity contribution < 1.29 is 9.53 Å². The number of unbranched alkanes of at least 4 members (excludes halogenated alkanes) is 1. The van der Waals surface area contributed by atoms with Crippen molar-refractivity contribution in [3.05, 3.63) is 0 Å². The van der Waals surface area contributed by atoms with Gasteiger partial charge in [0.15, 0.2) is 0 Å². The van der Waals surface area contributed by atoms with E-state index >= 15 is 0 Å². The molecular formula is C9H19NO2S. The quantitative estimate of drug-likeness (QED) is 0.502. The van der Waals surface area contributed by atoms with Crippen LogP contribution in [0.3, 0.4) is 0 Å². The lowest BCUT2D eigenvalue weighted by molar-refractivity contribution is -0.142. The van der Waals surface area contributed by atoms with Crippen molar-refractivity contribution in [1.29, 1.82) is 0 Å². The Kier molecular flexibility index (Phi) is 8.24. The van der Waals surface area contributed by atoms with E-state index in [-0.39, 0.29) is 12.0 Å². The standard InChI is InChI=1S/C9H19NO2S/c1-4-5-6-13-7-8(10-2)9(11)12-3/h8,10H,4-7H2,1-3H3. The minimum Gasteiger partial charge on any atom is -0.468 e. The summed E-state index contributed by atoms with van der Waals surface area (Å²) in [7, 11) is 3.20. The highest BCUT2D eigenvalue weighted by atomic mass is 32.2. The van der Waals surface area contributed by atoms with Crippen LogP contribution < -0.4 is 5.32 Å². The van der Waals surface area contributed by atoms with Crippen LogP contribution in [-0.2, 0) is 9.53 Å². The van der Waals surface area contributed by atoms with Crippen molar-refractivity contribution in [2.45, 2.75) is 25.8 Å². The summed E-state index contributed by atoms with van der Waals surface area (Å²) in [5, 5.41) is 2.93. The highest BCUT2D eigenvalue weighted by molar-refractivity contribution is 7.99. The third-order valence-corrected chi connectivity index (χ3v) is 2.91. The number of rotatable bonds is 7. The van der Waals surface area contributed by atoms with Crippen LogP contribution >= 0.6 is 11.8 Å². The van der Waals surface area contributed by atoms with E-state index in [0.29, 0.717) is 0 Å². The van der Waals surface area contributed by atoms with Crippen LogP contribution in [0.1, 0.15) is 19.8 Å². The molecule has 0 aromatic heterocycles. The van der Waals surface area contributed by atoms with Crippen LogP contribution in [-0.4, -0.2) is 37.7 Å². The number of hydrogen-bond donors (Lipinski definition) is 1. The second kappa shape index (κ2) is 8.38. The minimum atomic E-state index is -0.175. The Morgan fingerprint density at radius 2 is 2.31 bits per heavy atom. The summed E-state index contributed by atoms with van der Waals surface area (Å²) in [6.07, 6.45) is 2.41. The molecule has 0 aromatic rings. The van der Waals surface area contributed by atoms with Gasteiger partial charge in [-0.05, 0) is 19.2 Å². The summed E-state index contributed by atoms with van der Waals surface area (Å²) in [6.45, 7) is 2.16. The summed E-state index contributed by atoms with van der Waals surface area (Å²) in [5.74, 6) is 1.74. The molecule has 0 aliphatic heterocycles. The van der Waals surface area contributed by atoms with Gasteiger partial charge in [-0.3, -0.25) is 4.79 Å². The molecule has 0 radical (unpaired) electrons. The molecule has 0 fully saturated rings. The Bertz CT molecular complexity index is 142. The second-order valence-electron chi connectivity index (χ2n) is 2.79. The van der Waals surface area contributed by atoms with E-state index in [9.17, 15) is 4.79 Å². The number of carbonyl (C=O) groups is 1. The van der Waals surface area contributed by atoms with Gasteiger partial charge in [0.25, 0.3) is 0 Å². The number of hydrogen-bond acceptors (Lipinski definition) is 4. The number of carbonyl (C=O) groups excluding carboxylic acids is 1. The summed E-state index contributed by atoms with van der Waals surface area (Å²) < 4.78 is 4.65. The van der Waals surface area contributed by atoms with Crippen molar-refractivity contribution in [2.24, 2.45) is 0 Å². The average molecular weight is 205 g/mol. The van der Waals surface area contributed by atoms with E-state index in [1.54, 1.807) is 18.8 Å². The summed E-state index contributed by atoms with van der Waals surface area (Å²) >= 11 is 1.79. The molecule has 3 nitrogen and oxygen atoms in total. The molecule has 0 aliphatic carbocycles. The highest BCUT2D eigenvalue weighted by Crippen LogP contribution is 2.06. The van der Waals surface area contributed by atoms with E-state index in [1.165, 1.54) is 20.0 Å². The maximum absolute atomic E-state index is 11.1. The molecule has 0 saturated carbocycles. The first-order valence-corrected chi connectivity index (χ1v) is 5.74. The Morgan fingerprint density at radius 3 is 2.77 bits per heavy atom. The fourth-order valence-corrected chi connectivity index (χ4v) is 2.06. The highest BCUT2D eigenvalue weighted by Gasteiger charge is 2.15. The van der Waals surface area contributed by atoms with Crippen LogP contribution in [0.25, 0.3) is 0 Å². The molecule has 4 heteroatoms. The van der Waals surface area contributed by atoms with Crippen molar-refractivity contribution in [3.63, 3.8) is 0 Å². The molecule has 0 heterocycles. The van der Waals surface area contributed by atoms with E-state index in [0.717, 1.165) is 11.5 Å². The molecule has 13 heavy (non-hydrogen) atoms. The predicted octanol–water partition coefficient (Wildman–Crippen LogP) is 1.28. The van der Waals surface area contributed by atoms with E-state index < -0.39 is 0 Å². The van der Waals surface area contributed by atoms with Gasteiger partial charge in [0.2, 0.25) is 0 Å². The van der Waals surface area contributed by atoms with Crippen LogP contribution in [0, 0.1) is 0 Å². The van der Waals surface area contributed by atoms with Gasteiger partial charge >= 0.3 is 5.97 Å². The SMILES string of the molecule is CCCCSCC(NC)C(=O)OC. The van der Waals surface area contributed by atoms with Crippen molar-refractivity contribution >= 4 is 17.7 Å². The van der Waals surface area contributed by atoms with Crippen molar-refractivity contribution in [2.75, 3.05) is 25.7 Å². The van der Waals surface area contributed by atoms with Gasteiger partial charge in [-0.25, -0.2) is 0 Å². The van der Waals surface area contributed by atoms with Gasteiger partial charge in [-0.1, -0.05) is 13.3 Å². The molecular weight excluding hydrogens is 186 g/mol. The maximum Gasteiger partial charge on any atom is 0.323 e. The fraction of sp³-hybridized carbons (Fsp3) is 0.889. The second-order valence-corrected chi connectivity index (χ2v) is 3.94. The molecule has 1 unspecified atom stereocenters.